The molecule has 0 fully saturated rings. The number of aromatic nitrogens is 1. The van der Waals surface area contributed by atoms with Crippen molar-refractivity contribution in [2.45, 2.75) is 39.7 Å². The van der Waals surface area contributed by atoms with E-state index in [0.29, 0.717) is 35.5 Å². The number of nitrogens with two attached hydrogens (primary N) is 1. The van der Waals surface area contributed by atoms with Crippen LogP contribution in [0.4, 0.5) is 5.69 Å². The molecule has 4 rings (SSSR count). The minimum absolute atomic E-state index is 0.00933. The summed E-state index contributed by atoms with van der Waals surface area (Å²) in [6.45, 7) is 6.20. The molecule has 182 valence electrons. The number of nitrogens with zero attached hydrogens (tertiary/aromatic N) is 3. The van der Waals surface area contributed by atoms with Gasteiger partial charge in [0.2, 0.25) is 5.91 Å². The lowest BCUT2D eigenvalue weighted by Gasteiger charge is -2.22. The van der Waals surface area contributed by atoms with Crippen molar-refractivity contribution < 1.29 is 4.79 Å². The maximum atomic E-state index is 13.2. The molecule has 3 aromatic rings. The molecule has 0 unspecified atom stereocenters. The lowest BCUT2D eigenvalue weighted by molar-refractivity contribution is -0.127. The smallest absolute Gasteiger partial charge is 0.258 e. The summed E-state index contributed by atoms with van der Waals surface area (Å²) in [7, 11) is 0. The van der Waals surface area contributed by atoms with Gasteiger partial charge < -0.3 is 15.2 Å². The first kappa shape index (κ1) is 24.8. The van der Waals surface area contributed by atoms with E-state index in [2.05, 4.69) is 31.5 Å². The fourth-order valence-electron chi connectivity index (χ4n) is 4.52. The normalized spacial score (nSPS) is 13.1. The van der Waals surface area contributed by atoms with Crippen LogP contribution in [0.1, 0.15) is 38.7 Å². The molecule has 0 bridgehead atoms. The summed E-state index contributed by atoms with van der Waals surface area (Å²) < 4.78 is 1.68. The molecule has 2 N–H and O–H groups in total. The van der Waals surface area contributed by atoms with Crippen LogP contribution in [0.15, 0.2) is 64.0 Å². The number of hydrogen-bond donors (Lipinski definition) is 2. The summed E-state index contributed by atoms with van der Waals surface area (Å²) in [4.78, 5) is 32.4. The van der Waals surface area contributed by atoms with E-state index in [9.17, 15) is 9.59 Å². The number of carbonyl (C=O) groups excluding carboxylic acids is 1. The molecule has 1 aliphatic rings. The van der Waals surface area contributed by atoms with E-state index in [4.69, 9.17) is 5.73 Å². The maximum Gasteiger partial charge on any atom is 0.258 e. The Morgan fingerprint density at radius 2 is 1.80 bits per heavy atom. The predicted molar refractivity (Wildman–Crippen MR) is 149 cm³/mol. The lowest BCUT2D eigenvalue weighted by atomic mass is 9.99. The first-order chi connectivity index (χ1) is 16.9. The summed E-state index contributed by atoms with van der Waals surface area (Å²) in [5.74, 6) is 1.07. The maximum absolute atomic E-state index is 13.2. The number of amides is 1. The van der Waals surface area contributed by atoms with Crippen molar-refractivity contribution in [3.8, 4) is 11.1 Å². The van der Waals surface area contributed by atoms with E-state index < -0.39 is 0 Å². The Hall–Kier alpha value is -3.32. The number of hydrogen-bond acceptors (Lipinski definition) is 5. The average Bonchev–Trinajstić information content (AvgIpc) is 3.02. The highest BCUT2D eigenvalue weighted by atomic mass is 32.1. The van der Waals surface area contributed by atoms with Crippen molar-refractivity contribution in [3.63, 3.8) is 0 Å². The van der Waals surface area contributed by atoms with Gasteiger partial charge in [-0.15, -0.1) is 0 Å². The topological polar surface area (TPSA) is 80.7 Å². The van der Waals surface area contributed by atoms with Crippen LogP contribution in [-0.4, -0.2) is 40.1 Å². The molecule has 0 saturated heterocycles. The molecular weight excluding hydrogens is 456 g/mol. The Morgan fingerprint density at radius 3 is 2.51 bits per heavy atom. The molecule has 0 spiro atoms. The van der Waals surface area contributed by atoms with Gasteiger partial charge in [0.1, 0.15) is 5.84 Å². The summed E-state index contributed by atoms with van der Waals surface area (Å²) in [5.41, 5.74) is 10.5. The molecule has 7 heteroatoms. The van der Waals surface area contributed by atoms with Crippen LogP contribution >= 0.6 is 12.6 Å². The van der Waals surface area contributed by atoms with Gasteiger partial charge in [-0.1, -0.05) is 32.0 Å². The number of fused-ring (bicyclic) bond motifs is 2. The molecule has 0 saturated carbocycles. The van der Waals surface area contributed by atoms with E-state index in [1.54, 1.807) is 4.57 Å². The highest BCUT2D eigenvalue weighted by molar-refractivity contribution is 7.80. The Labute approximate surface area is 211 Å². The zero-order valence-corrected chi connectivity index (χ0v) is 21.2. The van der Waals surface area contributed by atoms with Crippen molar-refractivity contribution in [2.24, 2.45) is 10.7 Å². The minimum atomic E-state index is -0.00933. The van der Waals surface area contributed by atoms with Crippen molar-refractivity contribution in [1.29, 1.82) is 0 Å². The highest BCUT2D eigenvalue weighted by Gasteiger charge is 2.21. The average molecular weight is 489 g/mol. The molecule has 2 heterocycles. The largest absolute Gasteiger partial charge is 0.387 e. The van der Waals surface area contributed by atoms with E-state index in [-0.39, 0.29) is 11.5 Å². The Bertz CT molecular complexity index is 1370. The second-order valence-electron chi connectivity index (χ2n) is 8.86. The second-order valence-corrected chi connectivity index (χ2v) is 9.30. The summed E-state index contributed by atoms with van der Waals surface area (Å²) in [6.07, 6.45) is 5.90. The van der Waals surface area contributed by atoms with Gasteiger partial charge in [-0.25, -0.2) is 4.99 Å². The van der Waals surface area contributed by atoms with Crippen molar-refractivity contribution in [1.82, 2.24) is 9.47 Å². The van der Waals surface area contributed by atoms with Gasteiger partial charge in [0.25, 0.3) is 5.56 Å². The number of carbonyl (C=O) groups is 1. The number of aliphatic imine (C=N–C) groups is 1. The molecule has 1 aliphatic heterocycles. The second kappa shape index (κ2) is 11.0. The first-order valence-electron chi connectivity index (χ1n) is 12.2. The number of thiol groups is 1. The van der Waals surface area contributed by atoms with Crippen molar-refractivity contribution in [2.75, 3.05) is 18.8 Å². The fraction of sp³-hybridized carbons (Fsp3) is 0.321. The van der Waals surface area contributed by atoms with Crippen LogP contribution < -0.4 is 11.3 Å². The molecule has 0 radical (unpaired) electrons. The number of rotatable bonds is 8. The third-order valence-corrected chi connectivity index (χ3v) is 6.40. The quantitative estimate of drug-likeness (QED) is 0.437. The monoisotopic (exact) mass is 488 g/mol. The van der Waals surface area contributed by atoms with Crippen LogP contribution in [0.5, 0.6) is 0 Å². The Kier molecular flexibility index (Phi) is 7.76. The molecule has 0 aliphatic carbocycles. The molecule has 2 aromatic carbocycles. The highest BCUT2D eigenvalue weighted by Crippen LogP contribution is 2.33. The van der Waals surface area contributed by atoms with Crippen molar-refractivity contribution in [3.05, 3.63) is 70.2 Å². The molecular formula is C28H32N4O2S. The zero-order chi connectivity index (χ0) is 24.9. The number of aryl methyl sites for hydroxylation is 1. The number of amidine groups is 1. The molecule has 1 aromatic heterocycles. The fourth-order valence-corrected chi connectivity index (χ4v) is 4.73. The van der Waals surface area contributed by atoms with E-state index in [1.165, 1.54) is 0 Å². The Morgan fingerprint density at radius 1 is 1.09 bits per heavy atom. The minimum Gasteiger partial charge on any atom is -0.387 e. The van der Waals surface area contributed by atoms with Crippen LogP contribution in [-0.2, 0) is 11.3 Å². The molecule has 1 amide bonds. The first-order valence-corrected chi connectivity index (χ1v) is 12.8. The van der Waals surface area contributed by atoms with Gasteiger partial charge in [-0.05, 0) is 59.7 Å². The van der Waals surface area contributed by atoms with Gasteiger partial charge in [-0.2, -0.15) is 12.6 Å². The van der Waals surface area contributed by atoms with Crippen molar-refractivity contribution >= 4 is 46.9 Å². The Balaban J connectivity index is 1.70. The lowest BCUT2D eigenvalue weighted by Crippen LogP contribution is -2.34. The van der Waals surface area contributed by atoms with Gasteiger partial charge >= 0.3 is 0 Å². The van der Waals surface area contributed by atoms with Crippen LogP contribution in [0.25, 0.3) is 28.0 Å². The van der Waals surface area contributed by atoms with E-state index >= 15 is 0 Å². The van der Waals surface area contributed by atoms with Crippen LogP contribution in [0, 0.1) is 0 Å². The van der Waals surface area contributed by atoms with E-state index in [1.807, 2.05) is 59.6 Å². The SMILES string of the molecule is CCCN(CCC)C(=O)C1=Cc2ccc(-c3ccc4c(=O)n(CCS)ccc4c3)cc2N=C(N)C1. The third-order valence-electron chi connectivity index (χ3n) is 6.20. The third kappa shape index (κ3) is 5.35. The van der Waals surface area contributed by atoms with Crippen LogP contribution in [0.2, 0.25) is 0 Å². The van der Waals surface area contributed by atoms with Gasteiger partial charge in [-0.3, -0.25) is 9.59 Å². The van der Waals surface area contributed by atoms with Gasteiger partial charge in [0.15, 0.2) is 0 Å². The van der Waals surface area contributed by atoms with Gasteiger partial charge in [0.05, 0.1) is 5.69 Å². The van der Waals surface area contributed by atoms with Gasteiger partial charge in [0, 0.05) is 54.5 Å². The molecule has 0 atom stereocenters. The zero-order valence-electron chi connectivity index (χ0n) is 20.3. The molecule has 6 nitrogen and oxygen atoms in total. The van der Waals surface area contributed by atoms with E-state index in [0.717, 1.165) is 53.7 Å². The summed E-state index contributed by atoms with van der Waals surface area (Å²) in [6, 6.07) is 13.8. The standard InChI is InChI=1S/C28H32N4O2S/c1-3-10-31(11-4-2)27(33)23-16-22-6-5-20(17-25(22)30-26(29)18-23)19-7-8-24-21(15-19)9-12-32(13-14-35)28(24)34/h5-9,12,15-17,35H,3-4,10-11,13-14,18H2,1-2H3,(H2,29,30). The van der Waals surface area contributed by atoms with Crippen LogP contribution in [0.3, 0.4) is 0 Å². The predicted octanol–water partition coefficient (Wildman–Crippen LogP) is 5.02. The molecule has 35 heavy (non-hydrogen) atoms. The number of pyridine rings is 1. The summed E-state index contributed by atoms with van der Waals surface area (Å²) >= 11 is 4.23. The number of benzene rings is 2. The summed E-state index contributed by atoms with van der Waals surface area (Å²) in [5, 5.41) is 1.57.